The highest BCUT2D eigenvalue weighted by atomic mass is 35.5. The average Bonchev–Trinajstić information content (AvgIpc) is 3.62. The molecule has 3 aliphatic heterocycles. The molecule has 2 saturated heterocycles. The first-order valence-electron chi connectivity index (χ1n) is 25.5. The van der Waals surface area contributed by atoms with Gasteiger partial charge in [0, 0.05) is 38.9 Å². The Bertz CT molecular complexity index is 2860. The molecule has 21 heteroatoms. The van der Waals surface area contributed by atoms with Gasteiger partial charge in [-0.25, -0.2) is 13.4 Å². The maximum absolute atomic E-state index is 13.3. The molecule has 1 unspecified atom stereocenters. The quantitative estimate of drug-likeness (QED) is 0.0301. The number of fused-ring (bicyclic) bond motifs is 1. The number of anilines is 5. The number of hydrogen-bond donors (Lipinski definition) is 6. The number of piperidine rings is 2. The van der Waals surface area contributed by atoms with Crippen molar-refractivity contribution in [1.29, 1.82) is 0 Å². The summed E-state index contributed by atoms with van der Waals surface area (Å²) in [5.41, 5.74) is 3.69. The van der Waals surface area contributed by atoms with Gasteiger partial charge in [-0.2, -0.15) is 4.98 Å². The fourth-order valence-corrected chi connectivity index (χ4v) is 10.7. The molecule has 6 amide bonds. The molecule has 6 N–H and O–H groups in total. The minimum absolute atomic E-state index is 0.0174. The second-order valence-electron chi connectivity index (χ2n) is 19.5. The van der Waals surface area contributed by atoms with E-state index in [1.807, 2.05) is 19.9 Å². The predicted octanol–water partition coefficient (Wildman–Crippen LogP) is 7.16. The number of para-hydroxylation sites is 1. The van der Waals surface area contributed by atoms with Crippen molar-refractivity contribution in [3.05, 3.63) is 88.1 Å². The molecule has 2 fully saturated rings. The number of amides is 6. The summed E-state index contributed by atoms with van der Waals surface area (Å²) in [4.78, 5) is 88.4. The minimum atomic E-state index is -3.59. The third-order valence-corrected chi connectivity index (χ3v) is 15.8. The predicted molar refractivity (Wildman–Crippen MR) is 283 cm³/mol. The molecular formula is C53H67ClN10O9S. The Balaban J connectivity index is 0.778. The van der Waals surface area contributed by atoms with Crippen molar-refractivity contribution < 1.29 is 41.9 Å². The number of nitrogens with zero attached hydrogens (tertiary/aromatic N) is 4. The lowest BCUT2D eigenvalue weighted by molar-refractivity contribution is -0.136. The van der Waals surface area contributed by atoms with Crippen LogP contribution in [0.15, 0.2) is 65.7 Å². The molecule has 4 heterocycles. The van der Waals surface area contributed by atoms with E-state index in [0.717, 1.165) is 62.1 Å². The van der Waals surface area contributed by atoms with Crippen LogP contribution in [-0.4, -0.2) is 120 Å². The van der Waals surface area contributed by atoms with Gasteiger partial charge in [0.05, 0.1) is 50.6 Å². The molecule has 19 nitrogen and oxygen atoms in total. The number of aromatic nitrogens is 2. The van der Waals surface area contributed by atoms with E-state index < -0.39 is 44.8 Å². The number of benzene rings is 3. The number of hydrogen-bond acceptors (Lipinski definition) is 15. The summed E-state index contributed by atoms with van der Waals surface area (Å²) >= 11 is 6.51. The van der Waals surface area contributed by atoms with Crippen LogP contribution in [0.4, 0.5) is 28.8 Å². The number of imide groups is 2. The number of halogens is 1. The van der Waals surface area contributed by atoms with Crippen LogP contribution < -0.4 is 36.6 Å². The summed E-state index contributed by atoms with van der Waals surface area (Å²) in [7, 11) is -3.59. The van der Waals surface area contributed by atoms with Crippen LogP contribution in [0.25, 0.3) is 0 Å². The molecule has 3 aliphatic rings. The Kier molecular flexibility index (Phi) is 18.8. The van der Waals surface area contributed by atoms with Crippen LogP contribution in [-0.2, 0) is 29.0 Å². The smallest absolute Gasteiger partial charge is 0.264 e. The van der Waals surface area contributed by atoms with Gasteiger partial charge in [0.15, 0.2) is 15.7 Å². The van der Waals surface area contributed by atoms with Crippen molar-refractivity contribution in [3.63, 3.8) is 0 Å². The average molecular weight is 1060 g/mol. The van der Waals surface area contributed by atoms with Crippen LogP contribution in [0, 0.1) is 6.92 Å². The largest absolute Gasteiger partial charge is 0.489 e. The van der Waals surface area contributed by atoms with Crippen molar-refractivity contribution in [1.82, 2.24) is 35.7 Å². The topological polar surface area (TPSA) is 250 Å². The standard InChI is InChI=1S/C53H67ClN10O9S/c1-32(2)73-43-30-37(34(5)29-41(43)60-53-57-31-38(54)49(62-53)59-39-14-8-9-16-44(39)74(71,72)33(3)4)35-20-26-63(27-21-35)28-22-45(65)56-24-11-7-6-10-23-55-25-19-47(67)58-40-15-12-13-36-48(40)52(70)64(51(36)69)42-17-18-46(66)61-50(42)68/h8-9,12-16,29-33,35,42,55H,6-7,10-11,17-28H2,1-5H3,(H,56,65)(H,58,67)(H,61,66,68)(H2,57,59,60,62). The van der Waals surface area contributed by atoms with Crippen LogP contribution in [0.1, 0.15) is 130 Å². The van der Waals surface area contributed by atoms with Gasteiger partial charge in [0.1, 0.15) is 16.8 Å². The van der Waals surface area contributed by atoms with E-state index in [2.05, 4.69) is 59.8 Å². The van der Waals surface area contributed by atoms with Crippen LogP contribution >= 0.6 is 11.6 Å². The highest BCUT2D eigenvalue weighted by Gasteiger charge is 2.45. The Labute approximate surface area is 437 Å². The number of likely N-dealkylation sites (tertiary alicyclic amines) is 1. The molecule has 0 spiro atoms. The molecule has 0 radical (unpaired) electrons. The van der Waals surface area contributed by atoms with Crippen LogP contribution in [0.2, 0.25) is 5.02 Å². The van der Waals surface area contributed by atoms with E-state index >= 15 is 0 Å². The fraction of sp³-hybridized carbons (Fsp3) is 0.472. The number of carbonyl (C=O) groups is 6. The third-order valence-electron chi connectivity index (χ3n) is 13.3. The molecule has 1 atom stereocenters. The SMILES string of the molecule is Cc1cc(Nc2ncc(Cl)c(Nc3ccccc3S(=O)(=O)C(C)C)n2)c(OC(C)C)cc1C1CCN(CCC(=O)NCCCCCCNCCC(=O)Nc2cccc3c2C(=O)N(C2CCC(=O)NC2=O)C3=O)CC1. The zero-order valence-electron chi connectivity index (χ0n) is 42.6. The number of ether oxygens (including phenoxy) is 1. The summed E-state index contributed by atoms with van der Waals surface area (Å²) < 4.78 is 32.5. The van der Waals surface area contributed by atoms with Gasteiger partial charge < -0.3 is 36.2 Å². The molecule has 74 heavy (non-hydrogen) atoms. The van der Waals surface area contributed by atoms with Gasteiger partial charge in [0.2, 0.25) is 29.6 Å². The van der Waals surface area contributed by atoms with Gasteiger partial charge in [-0.05, 0) is 140 Å². The summed E-state index contributed by atoms with van der Waals surface area (Å²) in [5.74, 6) is -1.27. The van der Waals surface area contributed by atoms with Crippen molar-refractivity contribution >= 4 is 85.7 Å². The monoisotopic (exact) mass is 1050 g/mol. The Morgan fingerprint density at radius 2 is 1.57 bits per heavy atom. The number of nitrogens with one attached hydrogen (secondary N) is 6. The zero-order chi connectivity index (χ0) is 53.1. The molecule has 0 aliphatic carbocycles. The van der Waals surface area contributed by atoms with Gasteiger partial charge in [-0.15, -0.1) is 0 Å². The van der Waals surface area contributed by atoms with E-state index in [9.17, 15) is 37.2 Å². The lowest BCUT2D eigenvalue weighted by Crippen LogP contribution is -2.54. The first-order valence-corrected chi connectivity index (χ1v) is 27.4. The Morgan fingerprint density at radius 1 is 0.838 bits per heavy atom. The van der Waals surface area contributed by atoms with Gasteiger partial charge in [0.25, 0.3) is 11.8 Å². The summed E-state index contributed by atoms with van der Waals surface area (Å²) in [6, 6.07) is 14.3. The lowest BCUT2D eigenvalue weighted by atomic mass is 9.86. The van der Waals surface area contributed by atoms with Crippen LogP contribution in [0.3, 0.4) is 0 Å². The third kappa shape index (κ3) is 13.8. The van der Waals surface area contributed by atoms with E-state index in [1.165, 1.54) is 17.8 Å². The van der Waals surface area contributed by atoms with Gasteiger partial charge in [-0.3, -0.25) is 39.0 Å². The minimum Gasteiger partial charge on any atom is -0.489 e. The molecule has 396 valence electrons. The first kappa shape index (κ1) is 55.3. The number of rotatable bonds is 24. The second kappa shape index (κ2) is 25.2. The summed E-state index contributed by atoms with van der Waals surface area (Å²) in [6.45, 7) is 13.5. The van der Waals surface area contributed by atoms with Gasteiger partial charge in [-0.1, -0.05) is 42.6 Å². The number of unbranched alkanes of at least 4 members (excludes halogenated alkanes) is 3. The Morgan fingerprint density at radius 3 is 2.30 bits per heavy atom. The van der Waals surface area contributed by atoms with Crippen LogP contribution in [0.5, 0.6) is 5.75 Å². The second-order valence-corrected chi connectivity index (χ2v) is 22.3. The molecule has 7 rings (SSSR count). The van der Waals surface area contributed by atoms with Crippen molar-refractivity contribution in [3.8, 4) is 5.75 Å². The molecule has 3 aromatic carbocycles. The highest BCUT2D eigenvalue weighted by molar-refractivity contribution is 7.92. The van der Waals surface area contributed by atoms with Crippen molar-refractivity contribution in [2.24, 2.45) is 0 Å². The van der Waals surface area contributed by atoms with E-state index in [1.54, 1.807) is 50.2 Å². The van der Waals surface area contributed by atoms with E-state index in [-0.39, 0.29) is 75.7 Å². The maximum atomic E-state index is 13.3. The molecule has 0 saturated carbocycles. The molecule has 1 aromatic heterocycles. The van der Waals surface area contributed by atoms with Crippen molar-refractivity contribution in [2.75, 3.05) is 55.2 Å². The molecular weight excluding hydrogens is 988 g/mol. The van der Waals surface area contributed by atoms with Crippen molar-refractivity contribution in [2.45, 2.75) is 127 Å². The highest BCUT2D eigenvalue weighted by Crippen LogP contribution is 2.39. The summed E-state index contributed by atoms with van der Waals surface area (Å²) in [5, 5.41) is 17.3. The van der Waals surface area contributed by atoms with E-state index in [4.69, 9.17) is 16.3 Å². The number of sulfone groups is 1. The summed E-state index contributed by atoms with van der Waals surface area (Å²) in [6.07, 6.45) is 7.57. The van der Waals surface area contributed by atoms with Gasteiger partial charge >= 0.3 is 0 Å². The number of carbonyl (C=O) groups excluding carboxylic acids is 6. The molecule has 4 aromatic rings. The molecule has 0 bridgehead atoms. The zero-order valence-corrected chi connectivity index (χ0v) is 44.2. The lowest BCUT2D eigenvalue weighted by Gasteiger charge is -2.33. The normalized spacial score (nSPS) is 16.4. The maximum Gasteiger partial charge on any atom is 0.264 e. The number of aryl methyl sites for hydroxylation is 1. The fourth-order valence-electron chi connectivity index (χ4n) is 9.36. The van der Waals surface area contributed by atoms with E-state index in [0.29, 0.717) is 55.6 Å². The Hall–Kier alpha value is -6.48. The first-order chi connectivity index (χ1) is 35.4.